The highest BCUT2D eigenvalue weighted by Gasteiger charge is 2.48. The highest BCUT2D eigenvalue weighted by molar-refractivity contribution is 6.39. The van der Waals surface area contributed by atoms with Crippen LogP contribution in [0, 0.1) is 11.3 Å². The van der Waals surface area contributed by atoms with E-state index in [0.717, 1.165) is 84.6 Å². The fourth-order valence-electron chi connectivity index (χ4n) is 7.63. The van der Waals surface area contributed by atoms with Crippen molar-refractivity contribution >= 4 is 29.1 Å². The molecule has 1 aliphatic carbocycles. The molecular formula is C37H38Cl2N4O4. The van der Waals surface area contributed by atoms with Crippen molar-refractivity contribution in [1.29, 1.82) is 0 Å². The van der Waals surface area contributed by atoms with Crippen LogP contribution in [0.2, 0.25) is 10.0 Å². The lowest BCUT2D eigenvalue weighted by Gasteiger charge is -2.47. The van der Waals surface area contributed by atoms with E-state index in [1.54, 1.807) is 20.4 Å². The number of benzene rings is 2. The molecule has 2 aromatic heterocycles. The van der Waals surface area contributed by atoms with E-state index < -0.39 is 5.60 Å². The van der Waals surface area contributed by atoms with Gasteiger partial charge in [-0.25, -0.2) is 4.98 Å². The predicted molar refractivity (Wildman–Crippen MR) is 184 cm³/mol. The summed E-state index contributed by atoms with van der Waals surface area (Å²) in [6, 6.07) is 17.8. The normalized spacial score (nSPS) is 21.7. The van der Waals surface area contributed by atoms with Gasteiger partial charge in [0, 0.05) is 77.6 Å². The molecule has 0 radical (unpaired) electrons. The number of nitrogens with zero attached hydrogens (tertiary/aromatic N) is 3. The summed E-state index contributed by atoms with van der Waals surface area (Å²) >= 11 is 14.2. The third kappa shape index (κ3) is 6.20. The minimum atomic E-state index is -0.571. The molecule has 0 bridgehead atoms. The van der Waals surface area contributed by atoms with Gasteiger partial charge in [0.25, 0.3) is 0 Å². The van der Waals surface area contributed by atoms with Crippen LogP contribution in [0.3, 0.4) is 0 Å². The topological polar surface area (TPSA) is 96.8 Å². The standard InChI is InChI=1S/C37H38Cl2N4O4/c1-36(45)15-22(16-36)13-24-9-10-29(42-35(24)47-3)28-6-4-5-26(32(28)38)27-11-12-40-34(33(27)39)23-7-8-25(30(14-23)46-2)18-43-20-37(21-43)17-31(44)41-19-37/h4-12,14,22,45H,13,15-21H2,1-3H3,(H,41,44). The van der Waals surface area contributed by atoms with Gasteiger partial charge < -0.3 is 19.9 Å². The van der Waals surface area contributed by atoms with Crippen LogP contribution >= 0.6 is 23.2 Å². The Balaban J connectivity index is 1.13. The molecule has 1 saturated carbocycles. The van der Waals surface area contributed by atoms with Crippen molar-refractivity contribution in [3.8, 4) is 45.3 Å². The van der Waals surface area contributed by atoms with Crippen molar-refractivity contribution in [2.45, 2.75) is 44.8 Å². The molecule has 10 heteroatoms. The van der Waals surface area contributed by atoms with Gasteiger partial charge in [-0.15, -0.1) is 0 Å². The van der Waals surface area contributed by atoms with Crippen molar-refractivity contribution in [2.75, 3.05) is 33.9 Å². The number of likely N-dealkylation sites (tertiary alicyclic amines) is 1. The molecule has 4 heterocycles. The van der Waals surface area contributed by atoms with Gasteiger partial charge in [-0.1, -0.05) is 59.6 Å². The molecule has 0 atom stereocenters. The lowest BCUT2D eigenvalue weighted by molar-refractivity contribution is -0.120. The summed E-state index contributed by atoms with van der Waals surface area (Å²) in [4.78, 5) is 23.5. The van der Waals surface area contributed by atoms with Crippen molar-refractivity contribution in [1.82, 2.24) is 20.2 Å². The summed E-state index contributed by atoms with van der Waals surface area (Å²) < 4.78 is 11.5. The number of aliphatic hydroxyl groups is 1. The number of rotatable bonds is 9. The first-order valence-corrected chi connectivity index (χ1v) is 16.7. The first-order chi connectivity index (χ1) is 22.6. The smallest absolute Gasteiger partial charge is 0.220 e. The third-order valence-corrected chi connectivity index (χ3v) is 10.6. The molecule has 4 aromatic rings. The van der Waals surface area contributed by atoms with Crippen LogP contribution in [0.1, 0.15) is 37.3 Å². The average molecular weight is 674 g/mol. The van der Waals surface area contributed by atoms with Gasteiger partial charge in [-0.3, -0.25) is 14.7 Å². The van der Waals surface area contributed by atoms with E-state index in [-0.39, 0.29) is 11.3 Å². The number of nitrogens with one attached hydrogen (secondary N) is 1. The van der Waals surface area contributed by atoms with Crippen LogP contribution in [0.15, 0.2) is 60.8 Å². The van der Waals surface area contributed by atoms with Crippen molar-refractivity contribution < 1.29 is 19.4 Å². The van der Waals surface area contributed by atoms with Crippen molar-refractivity contribution in [3.63, 3.8) is 0 Å². The lowest BCUT2D eigenvalue weighted by atomic mass is 9.70. The van der Waals surface area contributed by atoms with E-state index in [2.05, 4.69) is 21.3 Å². The summed E-state index contributed by atoms with van der Waals surface area (Å²) in [6.45, 7) is 5.16. The Hall–Kier alpha value is -3.69. The zero-order chi connectivity index (χ0) is 32.9. The first kappa shape index (κ1) is 31.9. The number of carbonyl (C=O) groups is 1. The van der Waals surface area contributed by atoms with Crippen LogP contribution in [0.5, 0.6) is 11.6 Å². The lowest BCUT2D eigenvalue weighted by Crippen LogP contribution is -2.56. The SMILES string of the molecule is COc1cc(-c2nccc(-c3cccc(-c4ccc(CC5CC(C)(O)C5)c(OC)n4)c3Cl)c2Cl)ccc1CN1CC2(CNC(=O)C2)C1. The minimum absolute atomic E-state index is 0.0753. The maximum Gasteiger partial charge on any atom is 0.220 e. The van der Waals surface area contributed by atoms with Gasteiger partial charge >= 0.3 is 0 Å². The third-order valence-electron chi connectivity index (χ3n) is 9.82. The number of hydrogen-bond acceptors (Lipinski definition) is 7. The summed E-state index contributed by atoms with van der Waals surface area (Å²) in [6.07, 6.45) is 4.71. The van der Waals surface area contributed by atoms with E-state index in [1.165, 1.54) is 0 Å². The van der Waals surface area contributed by atoms with Gasteiger partial charge in [0.15, 0.2) is 0 Å². The molecule has 1 spiro atoms. The predicted octanol–water partition coefficient (Wildman–Crippen LogP) is 6.83. The van der Waals surface area contributed by atoms with Crippen LogP contribution < -0.4 is 14.8 Å². The van der Waals surface area contributed by atoms with Gasteiger partial charge in [-0.05, 0) is 50.3 Å². The molecule has 0 unspecified atom stereocenters. The van der Waals surface area contributed by atoms with Crippen LogP contribution in [-0.2, 0) is 17.8 Å². The Kier molecular flexibility index (Phi) is 8.41. The number of pyridine rings is 2. The van der Waals surface area contributed by atoms with Gasteiger partial charge in [-0.2, -0.15) is 0 Å². The van der Waals surface area contributed by atoms with Gasteiger partial charge in [0.05, 0.1) is 41.3 Å². The summed E-state index contributed by atoms with van der Waals surface area (Å²) in [5.41, 5.74) is 6.07. The Labute approximate surface area is 285 Å². The zero-order valence-corrected chi connectivity index (χ0v) is 28.3. The molecule has 47 heavy (non-hydrogen) atoms. The van der Waals surface area contributed by atoms with Crippen molar-refractivity contribution in [2.24, 2.45) is 11.3 Å². The summed E-state index contributed by atoms with van der Waals surface area (Å²) in [5.74, 6) is 1.89. The second-order valence-electron chi connectivity index (χ2n) is 13.7. The molecule has 1 amide bonds. The number of ether oxygens (including phenoxy) is 2. The van der Waals surface area contributed by atoms with E-state index in [0.29, 0.717) is 39.7 Å². The Morgan fingerprint density at radius 3 is 2.43 bits per heavy atom. The second-order valence-corrected chi connectivity index (χ2v) is 14.4. The molecule has 2 aliphatic heterocycles. The van der Waals surface area contributed by atoms with Crippen LogP contribution in [0.25, 0.3) is 33.6 Å². The zero-order valence-electron chi connectivity index (χ0n) is 26.8. The number of aromatic nitrogens is 2. The molecule has 244 valence electrons. The largest absolute Gasteiger partial charge is 0.496 e. The summed E-state index contributed by atoms with van der Waals surface area (Å²) in [5, 5.41) is 14.1. The monoisotopic (exact) mass is 672 g/mol. The van der Waals surface area contributed by atoms with E-state index in [4.69, 9.17) is 37.7 Å². The van der Waals surface area contributed by atoms with E-state index in [1.807, 2.05) is 55.5 Å². The van der Waals surface area contributed by atoms with Gasteiger partial charge in [0.1, 0.15) is 5.75 Å². The van der Waals surface area contributed by atoms with Crippen LogP contribution in [0.4, 0.5) is 0 Å². The minimum Gasteiger partial charge on any atom is -0.496 e. The number of carbonyl (C=O) groups excluding carboxylic acids is 1. The molecule has 2 N–H and O–H groups in total. The van der Waals surface area contributed by atoms with Gasteiger partial charge in [0.2, 0.25) is 11.8 Å². The summed E-state index contributed by atoms with van der Waals surface area (Å²) in [7, 11) is 3.30. The average Bonchev–Trinajstić information content (AvgIpc) is 3.42. The first-order valence-electron chi connectivity index (χ1n) is 15.9. The number of amides is 1. The second kappa shape index (κ2) is 12.4. The molecule has 2 saturated heterocycles. The Morgan fingerprint density at radius 2 is 1.72 bits per heavy atom. The van der Waals surface area contributed by atoms with E-state index >= 15 is 0 Å². The maximum absolute atomic E-state index is 11.7. The van der Waals surface area contributed by atoms with Crippen LogP contribution in [-0.4, -0.2) is 65.3 Å². The Morgan fingerprint density at radius 1 is 0.979 bits per heavy atom. The number of hydrogen-bond donors (Lipinski definition) is 2. The highest BCUT2D eigenvalue weighted by Crippen LogP contribution is 2.44. The molecule has 8 nitrogen and oxygen atoms in total. The molecular weight excluding hydrogens is 635 g/mol. The molecule has 3 aliphatic rings. The Bertz CT molecular complexity index is 1850. The molecule has 7 rings (SSSR count). The number of halogens is 2. The fraction of sp³-hybridized carbons (Fsp3) is 0.378. The van der Waals surface area contributed by atoms with Crippen molar-refractivity contribution in [3.05, 3.63) is 82.0 Å². The maximum atomic E-state index is 11.7. The van der Waals surface area contributed by atoms with E-state index in [9.17, 15) is 9.90 Å². The molecule has 2 aromatic carbocycles. The molecule has 3 fully saturated rings. The highest BCUT2D eigenvalue weighted by atomic mass is 35.5. The quantitative estimate of drug-likeness (QED) is 0.201. The number of methoxy groups -OCH3 is 2. The fourth-order valence-corrected chi connectivity index (χ4v) is 8.28.